The molecule has 1 aliphatic heterocycles. The summed E-state index contributed by atoms with van der Waals surface area (Å²) in [6.07, 6.45) is 0.888. The van der Waals surface area contributed by atoms with Crippen molar-refractivity contribution in [3.63, 3.8) is 0 Å². The van der Waals surface area contributed by atoms with Crippen LogP contribution in [0.25, 0.3) is 0 Å². The molecule has 0 aromatic heterocycles. The second-order valence-electron chi connectivity index (χ2n) is 4.67. The average Bonchev–Trinajstić information content (AvgIpc) is 2.40. The molecule has 8 nitrogen and oxygen atoms in total. The van der Waals surface area contributed by atoms with Gasteiger partial charge < -0.3 is 10.7 Å². The molecule has 4 N–H and O–H groups in total. The van der Waals surface area contributed by atoms with E-state index in [0.717, 1.165) is 0 Å². The molecule has 0 atom stereocenters. The average molecular weight is 300 g/mol. The van der Waals surface area contributed by atoms with Crippen LogP contribution in [-0.2, 0) is 9.84 Å². The van der Waals surface area contributed by atoms with Crippen molar-refractivity contribution < 1.29 is 13.3 Å². The fourth-order valence-corrected chi connectivity index (χ4v) is 3.72. The number of sulfone groups is 1. The second-order valence-corrected chi connectivity index (χ2v) is 6.98. The van der Waals surface area contributed by atoms with Gasteiger partial charge in [0.1, 0.15) is 21.2 Å². The van der Waals surface area contributed by atoms with Crippen LogP contribution in [0, 0.1) is 10.1 Å². The maximum Gasteiger partial charge on any atom is 0.316 e. The van der Waals surface area contributed by atoms with Gasteiger partial charge >= 0.3 is 5.69 Å². The number of nitro benzene ring substituents is 1. The fraction of sp³-hybridized carbons (Fsp3) is 0.455. The lowest BCUT2D eigenvalue weighted by Gasteiger charge is -2.24. The number of nitrogens with one attached hydrogen (secondary N) is 2. The topological polar surface area (TPSA) is 127 Å². The van der Waals surface area contributed by atoms with Crippen molar-refractivity contribution >= 4 is 26.9 Å². The number of nitrogen functional groups attached to an aromatic ring is 1. The monoisotopic (exact) mass is 300 g/mol. The van der Waals surface area contributed by atoms with Crippen LogP contribution < -0.4 is 16.6 Å². The lowest BCUT2D eigenvalue weighted by molar-refractivity contribution is -0.383. The Morgan fingerprint density at radius 3 is 2.40 bits per heavy atom. The van der Waals surface area contributed by atoms with Gasteiger partial charge in [-0.05, 0) is 25.0 Å². The molecule has 0 spiro atoms. The number of hydrazine groups is 1. The van der Waals surface area contributed by atoms with E-state index in [1.807, 2.05) is 0 Å². The maximum atomic E-state index is 11.4. The summed E-state index contributed by atoms with van der Waals surface area (Å²) in [6, 6.07) is 4.64. The molecular formula is C11H16N4O4S. The number of rotatable bonds is 4. The Morgan fingerprint density at radius 1 is 1.25 bits per heavy atom. The highest BCUT2D eigenvalue weighted by Gasteiger charge is 2.26. The number of anilines is 2. The van der Waals surface area contributed by atoms with Crippen LogP contribution >= 0.6 is 0 Å². The van der Waals surface area contributed by atoms with Crippen molar-refractivity contribution in [2.75, 3.05) is 22.2 Å². The van der Waals surface area contributed by atoms with Crippen LogP contribution in [0.1, 0.15) is 12.8 Å². The molecule has 0 aliphatic carbocycles. The van der Waals surface area contributed by atoms with E-state index in [-0.39, 0.29) is 28.9 Å². The van der Waals surface area contributed by atoms with Gasteiger partial charge in [-0.25, -0.2) is 8.42 Å². The van der Waals surface area contributed by atoms with Crippen molar-refractivity contribution in [1.82, 2.24) is 0 Å². The van der Waals surface area contributed by atoms with Gasteiger partial charge in [-0.15, -0.1) is 0 Å². The molecule has 0 radical (unpaired) electrons. The van der Waals surface area contributed by atoms with Gasteiger partial charge in [-0.2, -0.15) is 0 Å². The number of nitrogens with zero attached hydrogens (tertiary/aromatic N) is 1. The van der Waals surface area contributed by atoms with E-state index in [2.05, 4.69) is 10.7 Å². The second kappa shape index (κ2) is 5.63. The summed E-state index contributed by atoms with van der Waals surface area (Å²) < 4.78 is 22.7. The number of hydrogen-bond acceptors (Lipinski definition) is 7. The molecule has 0 amide bonds. The lowest BCUT2D eigenvalue weighted by atomic mass is 10.1. The number of nitro groups is 1. The van der Waals surface area contributed by atoms with Crippen LogP contribution in [0.15, 0.2) is 18.2 Å². The molecule has 110 valence electrons. The quantitative estimate of drug-likeness (QED) is 0.427. The molecule has 0 saturated carbocycles. The predicted molar refractivity (Wildman–Crippen MR) is 76.2 cm³/mol. The highest BCUT2D eigenvalue weighted by atomic mass is 32.2. The lowest BCUT2D eigenvalue weighted by Crippen LogP contribution is -2.32. The summed E-state index contributed by atoms with van der Waals surface area (Å²) in [5.74, 6) is 5.47. The molecule has 9 heteroatoms. The minimum atomic E-state index is -2.95. The molecule has 1 saturated heterocycles. The Kier molecular flexibility index (Phi) is 4.09. The van der Waals surface area contributed by atoms with Crippen molar-refractivity contribution in [2.24, 2.45) is 5.84 Å². The fourth-order valence-electron chi connectivity index (χ4n) is 2.23. The Morgan fingerprint density at radius 2 is 1.85 bits per heavy atom. The van der Waals surface area contributed by atoms with Gasteiger partial charge in [0, 0.05) is 6.04 Å². The van der Waals surface area contributed by atoms with Crippen LogP contribution in [-0.4, -0.2) is 30.9 Å². The van der Waals surface area contributed by atoms with Gasteiger partial charge in [-0.3, -0.25) is 16.0 Å². The van der Waals surface area contributed by atoms with Crippen LogP contribution in [0.4, 0.5) is 17.1 Å². The summed E-state index contributed by atoms with van der Waals surface area (Å²) in [5.41, 5.74) is 2.71. The maximum absolute atomic E-state index is 11.4. The number of nitrogens with two attached hydrogens (primary N) is 1. The minimum Gasteiger partial charge on any atom is -0.377 e. The Labute approximate surface area is 116 Å². The number of benzene rings is 1. The molecule has 1 heterocycles. The highest BCUT2D eigenvalue weighted by molar-refractivity contribution is 7.91. The third-order valence-electron chi connectivity index (χ3n) is 3.29. The van der Waals surface area contributed by atoms with Crippen LogP contribution in [0.5, 0.6) is 0 Å². The van der Waals surface area contributed by atoms with Crippen molar-refractivity contribution in [2.45, 2.75) is 18.9 Å². The first-order chi connectivity index (χ1) is 9.43. The van der Waals surface area contributed by atoms with Crippen molar-refractivity contribution in [3.05, 3.63) is 28.3 Å². The van der Waals surface area contributed by atoms with Gasteiger partial charge in [0.2, 0.25) is 0 Å². The molecule has 20 heavy (non-hydrogen) atoms. The summed E-state index contributed by atoms with van der Waals surface area (Å²) >= 11 is 0. The highest BCUT2D eigenvalue weighted by Crippen LogP contribution is 2.33. The standard InChI is InChI=1S/C11H16N4O4S/c12-14-10-3-1-2-9(11(10)15(16)17)13-8-4-6-20(18,19)7-5-8/h1-3,8,13-14H,4-7,12H2. The van der Waals surface area contributed by atoms with E-state index in [1.54, 1.807) is 12.1 Å². The molecule has 1 aliphatic rings. The van der Waals surface area contributed by atoms with Gasteiger partial charge in [0.15, 0.2) is 0 Å². The zero-order valence-corrected chi connectivity index (χ0v) is 11.5. The first-order valence-corrected chi connectivity index (χ1v) is 7.96. The summed E-state index contributed by atoms with van der Waals surface area (Å²) in [6.45, 7) is 0. The zero-order valence-electron chi connectivity index (χ0n) is 10.7. The minimum absolute atomic E-state index is 0.0924. The largest absolute Gasteiger partial charge is 0.377 e. The molecule has 2 rings (SSSR count). The van der Waals surface area contributed by atoms with E-state index in [1.165, 1.54) is 6.07 Å². The van der Waals surface area contributed by atoms with E-state index in [0.29, 0.717) is 18.5 Å². The first kappa shape index (κ1) is 14.5. The molecule has 0 bridgehead atoms. The molecule has 0 unspecified atom stereocenters. The van der Waals surface area contributed by atoms with E-state index in [4.69, 9.17) is 5.84 Å². The van der Waals surface area contributed by atoms with Crippen LogP contribution in [0.3, 0.4) is 0 Å². The Bertz CT molecular complexity index is 603. The molecular weight excluding hydrogens is 284 g/mol. The summed E-state index contributed by atoms with van der Waals surface area (Å²) in [5, 5.41) is 14.2. The third-order valence-corrected chi connectivity index (χ3v) is 5.00. The van der Waals surface area contributed by atoms with Gasteiger partial charge in [0.05, 0.1) is 16.4 Å². The normalized spacial score (nSPS) is 18.4. The Balaban J connectivity index is 2.20. The summed E-state index contributed by atoms with van der Waals surface area (Å²) in [7, 11) is -2.95. The predicted octanol–water partition coefficient (Wildman–Crippen LogP) is 0.869. The van der Waals surface area contributed by atoms with E-state index < -0.39 is 14.8 Å². The smallest absolute Gasteiger partial charge is 0.316 e. The number of para-hydroxylation sites is 1. The molecule has 1 fully saturated rings. The Hall–Kier alpha value is -1.87. The SMILES string of the molecule is NNc1cccc(NC2CCS(=O)(=O)CC2)c1[N+](=O)[O-]. The zero-order chi connectivity index (χ0) is 14.8. The summed E-state index contributed by atoms with van der Waals surface area (Å²) in [4.78, 5) is 10.6. The molecule has 1 aromatic rings. The first-order valence-electron chi connectivity index (χ1n) is 6.14. The third kappa shape index (κ3) is 3.17. The van der Waals surface area contributed by atoms with Crippen molar-refractivity contribution in [1.29, 1.82) is 0 Å². The molecule has 1 aromatic carbocycles. The number of hydrogen-bond donors (Lipinski definition) is 3. The van der Waals surface area contributed by atoms with E-state index in [9.17, 15) is 18.5 Å². The van der Waals surface area contributed by atoms with Crippen LogP contribution in [0.2, 0.25) is 0 Å². The van der Waals surface area contributed by atoms with Crippen molar-refractivity contribution in [3.8, 4) is 0 Å². The van der Waals surface area contributed by atoms with E-state index >= 15 is 0 Å². The van der Waals surface area contributed by atoms with Gasteiger partial charge in [-0.1, -0.05) is 6.07 Å². The van der Waals surface area contributed by atoms with Gasteiger partial charge in [0.25, 0.3) is 0 Å².